The predicted molar refractivity (Wildman–Crippen MR) is 115 cm³/mol. The van der Waals surface area contributed by atoms with E-state index in [2.05, 4.69) is 52.8 Å². The van der Waals surface area contributed by atoms with Gasteiger partial charge in [0.25, 0.3) is 0 Å². The molecule has 2 N–H and O–H groups in total. The van der Waals surface area contributed by atoms with Crippen LogP contribution in [0.25, 0.3) is 17.0 Å². The third-order valence-electron chi connectivity index (χ3n) is 6.05. The van der Waals surface area contributed by atoms with Crippen molar-refractivity contribution in [1.82, 2.24) is 15.2 Å². The minimum absolute atomic E-state index is 0.0151. The van der Waals surface area contributed by atoms with Gasteiger partial charge >= 0.3 is 6.03 Å². The van der Waals surface area contributed by atoms with Gasteiger partial charge in [0.15, 0.2) is 0 Å². The molecule has 0 atom stereocenters. The van der Waals surface area contributed by atoms with Crippen molar-refractivity contribution in [2.75, 3.05) is 19.6 Å². The molecule has 148 valence electrons. The Kier molecular flexibility index (Phi) is 4.51. The molecule has 0 radical (unpaired) electrons. The monoisotopic (exact) mass is 387 g/mol. The number of hydrogen-bond acceptors (Lipinski definition) is 2. The van der Waals surface area contributed by atoms with Gasteiger partial charge in [0, 0.05) is 55.1 Å². The molecule has 29 heavy (non-hydrogen) atoms. The first-order valence-corrected chi connectivity index (χ1v) is 10.3. The zero-order chi connectivity index (χ0) is 19.7. The normalized spacial score (nSPS) is 17.2. The number of ether oxygens (including phenoxy) is 1. The molecular weight excluding hydrogens is 362 g/mol. The average molecular weight is 387 g/mol. The Hall–Kier alpha value is -3.21. The second-order valence-corrected chi connectivity index (χ2v) is 7.86. The summed E-state index contributed by atoms with van der Waals surface area (Å²) in [6.45, 7) is 2.03. The number of carbonyl (C=O) groups is 1. The molecule has 1 fully saturated rings. The number of carbonyl (C=O) groups excluding carboxylic acids is 1. The van der Waals surface area contributed by atoms with Gasteiger partial charge in [-0.15, -0.1) is 0 Å². The van der Waals surface area contributed by atoms with Crippen molar-refractivity contribution in [2.24, 2.45) is 0 Å². The molecule has 5 rings (SSSR count). The van der Waals surface area contributed by atoms with Gasteiger partial charge in [-0.3, -0.25) is 0 Å². The molecule has 1 spiro atoms. The maximum absolute atomic E-state index is 12.6. The van der Waals surface area contributed by atoms with Crippen molar-refractivity contribution >= 4 is 23.0 Å². The van der Waals surface area contributed by atoms with Crippen LogP contribution >= 0.6 is 0 Å². The number of nitrogens with zero attached hydrogens (tertiary/aromatic N) is 1. The van der Waals surface area contributed by atoms with Crippen molar-refractivity contribution in [3.05, 3.63) is 71.9 Å². The van der Waals surface area contributed by atoms with E-state index in [1.54, 1.807) is 0 Å². The Morgan fingerprint density at radius 2 is 1.97 bits per heavy atom. The molecule has 0 aliphatic carbocycles. The topological polar surface area (TPSA) is 57.4 Å². The molecule has 2 amide bonds. The van der Waals surface area contributed by atoms with Crippen molar-refractivity contribution in [3.63, 3.8) is 0 Å². The number of H-pyrrole nitrogens is 1. The van der Waals surface area contributed by atoms with E-state index in [0.717, 1.165) is 36.1 Å². The summed E-state index contributed by atoms with van der Waals surface area (Å²) in [6.07, 6.45) is 8.72. The van der Waals surface area contributed by atoms with Crippen molar-refractivity contribution in [2.45, 2.75) is 24.9 Å². The van der Waals surface area contributed by atoms with Crippen LogP contribution in [0.4, 0.5) is 4.79 Å². The number of fused-ring (bicyclic) bond motifs is 2. The summed E-state index contributed by atoms with van der Waals surface area (Å²) in [6, 6.07) is 16.5. The van der Waals surface area contributed by atoms with Gasteiger partial charge in [0.2, 0.25) is 0 Å². The molecule has 2 aromatic carbocycles. The second kappa shape index (κ2) is 7.32. The van der Waals surface area contributed by atoms with E-state index in [9.17, 15) is 4.79 Å². The first-order chi connectivity index (χ1) is 14.2. The molecule has 1 saturated heterocycles. The molecule has 0 unspecified atom stereocenters. The van der Waals surface area contributed by atoms with Gasteiger partial charge in [-0.2, -0.15) is 0 Å². The predicted octanol–water partition coefficient (Wildman–Crippen LogP) is 4.36. The number of para-hydroxylation sites is 1. The number of hydrogen-bond donors (Lipinski definition) is 2. The summed E-state index contributed by atoms with van der Waals surface area (Å²) in [5.41, 5.74) is 3.23. The molecule has 1 aromatic heterocycles. The number of rotatable bonds is 3. The number of likely N-dealkylation sites (tertiary alicyclic amines) is 1. The minimum atomic E-state index is -0.283. The Balaban J connectivity index is 1.15. The van der Waals surface area contributed by atoms with Gasteiger partial charge in [0.05, 0.1) is 0 Å². The second-order valence-electron chi connectivity index (χ2n) is 7.86. The van der Waals surface area contributed by atoms with E-state index in [1.165, 1.54) is 10.9 Å². The zero-order valence-electron chi connectivity index (χ0n) is 16.4. The lowest BCUT2D eigenvalue weighted by Gasteiger charge is -2.41. The smallest absolute Gasteiger partial charge is 0.317 e. The number of amides is 2. The lowest BCUT2D eigenvalue weighted by atomic mass is 9.88. The summed E-state index contributed by atoms with van der Waals surface area (Å²) >= 11 is 0. The van der Waals surface area contributed by atoms with Crippen LogP contribution in [-0.4, -0.2) is 41.2 Å². The van der Waals surface area contributed by atoms with E-state index in [0.29, 0.717) is 19.6 Å². The SMILES string of the molecule is O=C(NCCc1cccc2[nH]ccc12)N1CCC2(C=Cc3ccccc3O2)CC1. The molecule has 0 bridgehead atoms. The van der Waals surface area contributed by atoms with Crippen molar-refractivity contribution in [1.29, 1.82) is 0 Å². The van der Waals surface area contributed by atoms with Gasteiger partial charge in [-0.1, -0.05) is 36.4 Å². The van der Waals surface area contributed by atoms with Crippen LogP contribution < -0.4 is 10.1 Å². The molecule has 2 aliphatic rings. The third-order valence-corrected chi connectivity index (χ3v) is 6.05. The first kappa shape index (κ1) is 17.9. The Bertz CT molecular complexity index is 1060. The number of urea groups is 1. The van der Waals surface area contributed by atoms with Crippen LogP contribution in [0.5, 0.6) is 5.75 Å². The van der Waals surface area contributed by atoms with Gasteiger partial charge in [0.1, 0.15) is 11.4 Å². The number of aromatic nitrogens is 1. The molecule has 3 aromatic rings. The molecule has 5 heteroatoms. The summed E-state index contributed by atoms with van der Waals surface area (Å²) in [5, 5.41) is 4.31. The molecular formula is C24H25N3O2. The van der Waals surface area contributed by atoms with E-state index in [4.69, 9.17) is 4.74 Å². The van der Waals surface area contributed by atoms with E-state index >= 15 is 0 Å². The minimum Gasteiger partial charge on any atom is -0.482 e. The molecule has 5 nitrogen and oxygen atoms in total. The number of piperidine rings is 1. The van der Waals surface area contributed by atoms with Crippen LogP contribution in [0.3, 0.4) is 0 Å². The molecule has 2 aliphatic heterocycles. The number of aromatic amines is 1. The zero-order valence-corrected chi connectivity index (χ0v) is 16.4. The highest BCUT2D eigenvalue weighted by Gasteiger charge is 2.37. The Morgan fingerprint density at radius 3 is 2.86 bits per heavy atom. The summed E-state index contributed by atoms with van der Waals surface area (Å²) in [5.74, 6) is 0.937. The standard InChI is InChI=1S/C24H25N3O2/c28-23(26-14-9-18-5-3-6-21-20(18)10-15-25-21)27-16-12-24(13-17-27)11-8-19-4-1-2-7-22(19)29-24/h1-8,10-11,15,25H,9,12-14,16-17H2,(H,26,28). The van der Waals surface area contributed by atoms with Crippen LogP contribution in [0.2, 0.25) is 0 Å². The largest absolute Gasteiger partial charge is 0.482 e. The van der Waals surface area contributed by atoms with Gasteiger partial charge in [-0.25, -0.2) is 4.79 Å². The van der Waals surface area contributed by atoms with E-state index in [1.807, 2.05) is 29.3 Å². The number of benzene rings is 2. The number of nitrogens with one attached hydrogen (secondary N) is 2. The van der Waals surface area contributed by atoms with Crippen LogP contribution in [0.15, 0.2) is 60.8 Å². The fourth-order valence-electron chi connectivity index (χ4n) is 4.35. The summed E-state index contributed by atoms with van der Waals surface area (Å²) in [7, 11) is 0. The molecule has 0 saturated carbocycles. The highest BCUT2D eigenvalue weighted by Crippen LogP contribution is 2.36. The highest BCUT2D eigenvalue weighted by atomic mass is 16.5. The first-order valence-electron chi connectivity index (χ1n) is 10.3. The Labute approximate surface area is 170 Å². The van der Waals surface area contributed by atoms with E-state index < -0.39 is 0 Å². The third kappa shape index (κ3) is 3.48. The summed E-state index contributed by atoms with van der Waals surface area (Å²) in [4.78, 5) is 17.8. The average Bonchev–Trinajstić information content (AvgIpc) is 3.24. The van der Waals surface area contributed by atoms with Crippen molar-refractivity contribution in [3.8, 4) is 5.75 Å². The maximum atomic E-state index is 12.6. The fraction of sp³-hybridized carbons (Fsp3) is 0.292. The van der Waals surface area contributed by atoms with Crippen LogP contribution in [0, 0.1) is 0 Å². The molecule has 3 heterocycles. The van der Waals surface area contributed by atoms with Crippen LogP contribution in [0.1, 0.15) is 24.0 Å². The van der Waals surface area contributed by atoms with Crippen molar-refractivity contribution < 1.29 is 9.53 Å². The van der Waals surface area contributed by atoms with Crippen LogP contribution in [-0.2, 0) is 6.42 Å². The summed E-state index contributed by atoms with van der Waals surface area (Å²) < 4.78 is 6.31. The van der Waals surface area contributed by atoms with Gasteiger partial charge in [-0.05, 0) is 36.3 Å². The van der Waals surface area contributed by atoms with Gasteiger partial charge < -0.3 is 19.9 Å². The lowest BCUT2D eigenvalue weighted by molar-refractivity contribution is 0.0498. The lowest BCUT2D eigenvalue weighted by Crippen LogP contribution is -2.52. The maximum Gasteiger partial charge on any atom is 0.317 e. The Morgan fingerprint density at radius 1 is 1.10 bits per heavy atom. The fourth-order valence-corrected chi connectivity index (χ4v) is 4.35. The van der Waals surface area contributed by atoms with E-state index in [-0.39, 0.29) is 11.6 Å². The highest BCUT2D eigenvalue weighted by molar-refractivity contribution is 5.83. The quantitative estimate of drug-likeness (QED) is 0.702.